The smallest absolute Gasteiger partial charge is 0.234 e. The summed E-state index contributed by atoms with van der Waals surface area (Å²) in [6.45, 7) is 2.45. The highest BCUT2D eigenvalue weighted by molar-refractivity contribution is 7.99. The number of halogens is 2. The van der Waals surface area contributed by atoms with Crippen LogP contribution in [0.1, 0.15) is 5.56 Å². The molecule has 0 spiro atoms. The van der Waals surface area contributed by atoms with Crippen molar-refractivity contribution in [3.63, 3.8) is 0 Å². The van der Waals surface area contributed by atoms with E-state index in [1.54, 1.807) is 0 Å². The van der Waals surface area contributed by atoms with Crippen molar-refractivity contribution in [3.8, 4) is 5.75 Å². The molecule has 0 aliphatic rings. The van der Waals surface area contributed by atoms with Gasteiger partial charge in [0.2, 0.25) is 5.91 Å². The first kappa shape index (κ1) is 17.3. The molecule has 0 saturated carbocycles. The maximum absolute atomic E-state index is 13.4. The number of hydrogen-bond acceptors (Lipinski definition) is 3. The molecule has 23 heavy (non-hydrogen) atoms. The number of carbonyl (C=O) groups is 1. The van der Waals surface area contributed by atoms with Gasteiger partial charge in [0.25, 0.3) is 0 Å². The van der Waals surface area contributed by atoms with Gasteiger partial charge in [-0.15, -0.1) is 11.8 Å². The minimum atomic E-state index is -0.786. The molecule has 0 heterocycles. The highest BCUT2D eigenvalue weighted by atomic mass is 32.2. The number of aryl methyl sites for hydroxylation is 1. The van der Waals surface area contributed by atoms with Gasteiger partial charge in [-0.2, -0.15) is 0 Å². The standard InChI is InChI=1S/C17H17F2NO2S/c1-12-4-2-3-5-16(12)22-8-9-23-11-17(21)20-15-7-6-13(18)10-14(15)19/h2-7,10H,8-9,11H2,1H3,(H,20,21). The molecule has 0 fully saturated rings. The normalized spacial score (nSPS) is 10.4. The first-order valence-corrected chi connectivity index (χ1v) is 8.23. The molecule has 3 nitrogen and oxygen atoms in total. The molecule has 2 aromatic carbocycles. The van der Waals surface area contributed by atoms with Gasteiger partial charge in [0, 0.05) is 11.8 Å². The minimum Gasteiger partial charge on any atom is -0.492 e. The average Bonchev–Trinajstić information content (AvgIpc) is 2.51. The summed E-state index contributed by atoms with van der Waals surface area (Å²) >= 11 is 1.38. The topological polar surface area (TPSA) is 38.3 Å². The van der Waals surface area contributed by atoms with E-state index in [9.17, 15) is 13.6 Å². The quantitative estimate of drug-likeness (QED) is 0.776. The van der Waals surface area contributed by atoms with Crippen LogP contribution in [0.4, 0.5) is 14.5 Å². The fourth-order valence-corrected chi connectivity index (χ4v) is 2.47. The van der Waals surface area contributed by atoms with Crippen LogP contribution in [-0.4, -0.2) is 24.0 Å². The lowest BCUT2D eigenvalue weighted by Crippen LogP contribution is -2.16. The molecular formula is C17H17F2NO2S. The Balaban J connectivity index is 1.68. The van der Waals surface area contributed by atoms with Crippen molar-refractivity contribution < 1.29 is 18.3 Å². The van der Waals surface area contributed by atoms with Gasteiger partial charge in [-0.3, -0.25) is 4.79 Å². The number of anilines is 1. The van der Waals surface area contributed by atoms with E-state index in [2.05, 4.69) is 5.32 Å². The first-order chi connectivity index (χ1) is 11.1. The molecular weight excluding hydrogens is 320 g/mol. The average molecular weight is 337 g/mol. The van der Waals surface area contributed by atoms with Gasteiger partial charge < -0.3 is 10.1 Å². The van der Waals surface area contributed by atoms with E-state index in [0.29, 0.717) is 12.4 Å². The van der Waals surface area contributed by atoms with Gasteiger partial charge in [0.1, 0.15) is 17.4 Å². The number of ether oxygens (including phenoxy) is 1. The van der Waals surface area contributed by atoms with Crippen LogP contribution in [0.15, 0.2) is 42.5 Å². The van der Waals surface area contributed by atoms with E-state index in [4.69, 9.17) is 4.74 Å². The van der Waals surface area contributed by atoms with E-state index in [0.717, 1.165) is 23.4 Å². The molecule has 1 amide bonds. The highest BCUT2D eigenvalue weighted by Gasteiger charge is 2.08. The molecule has 1 N–H and O–H groups in total. The zero-order chi connectivity index (χ0) is 16.7. The number of amides is 1. The second kappa shape index (κ2) is 8.53. The van der Waals surface area contributed by atoms with Crippen molar-refractivity contribution in [3.05, 3.63) is 59.7 Å². The van der Waals surface area contributed by atoms with Gasteiger partial charge in [-0.1, -0.05) is 18.2 Å². The molecule has 0 saturated heterocycles. The maximum atomic E-state index is 13.4. The van der Waals surface area contributed by atoms with E-state index >= 15 is 0 Å². The van der Waals surface area contributed by atoms with Gasteiger partial charge in [-0.05, 0) is 30.7 Å². The van der Waals surface area contributed by atoms with Crippen LogP contribution in [0.25, 0.3) is 0 Å². The molecule has 6 heteroatoms. The summed E-state index contributed by atoms with van der Waals surface area (Å²) in [6, 6.07) is 10.7. The van der Waals surface area contributed by atoms with Crippen LogP contribution in [-0.2, 0) is 4.79 Å². The Labute approximate surface area is 138 Å². The zero-order valence-electron chi connectivity index (χ0n) is 12.6. The molecule has 0 bridgehead atoms. The van der Waals surface area contributed by atoms with Crippen LogP contribution < -0.4 is 10.1 Å². The van der Waals surface area contributed by atoms with Crippen LogP contribution >= 0.6 is 11.8 Å². The van der Waals surface area contributed by atoms with Crippen LogP contribution in [0.3, 0.4) is 0 Å². The Hall–Kier alpha value is -2.08. The second-order valence-electron chi connectivity index (χ2n) is 4.84. The Morgan fingerprint density at radius 1 is 1.22 bits per heavy atom. The monoisotopic (exact) mass is 337 g/mol. The lowest BCUT2D eigenvalue weighted by molar-refractivity contribution is -0.113. The third-order valence-corrected chi connectivity index (χ3v) is 3.94. The van der Waals surface area contributed by atoms with Crippen molar-refractivity contribution in [1.29, 1.82) is 0 Å². The number of rotatable bonds is 7. The summed E-state index contributed by atoms with van der Waals surface area (Å²) in [4.78, 5) is 11.7. The Morgan fingerprint density at radius 3 is 2.74 bits per heavy atom. The summed E-state index contributed by atoms with van der Waals surface area (Å²) in [5.74, 6) is -0.168. The van der Waals surface area contributed by atoms with E-state index in [-0.39, 0.29) is 17.3 Å². The van der Waals surface area contributed by atoms with Crippen molar-refractivity contribution in [1.82, 2.24) is 0 Å². The summed E-state index contributed by atoms with van der Waals surface area (Å²) in [7, 11) is 0. The second-order valence-corrected chi connectivity index (χ2v) is 5.94. The third-order valence-electron chi connectivity index (χ3n) is 3.02. The predicted octanol–water partition coefficient (Wildman–Crippen LogP) is 4.02. The molecule has 2 rings (SSSR count). The summed E-state index contributed by atoms with van der Waals surface area (Å²) in [5, 5.41) is 2.41. The van der Waals surface area contributed by atoms with Crippen molar-refractivity contribution in [2.45, 2.75) is 6.92 Å². The summed E-state index contributed by atoms with van der Waals surface area (Å²) in [5.41, 5.74) is 1.04. The number of nitrogens with one attached hydrogen (secondary N) is 1. The molecule has 122 valence electrons. The molecule has 0 aromatic heterocycles. The van der Waals surface area contributed by atoms with E-state index < -0.39 is 11.6 Å². The zero-order valence-corrected chi connectivity index (χ0v) is 13.5. The van der Waals surface area contributed by atoms with Gasteiger partial charge >= 0.3 is 0 Å². The Morgan fingerprint density at radius 2 is 2.00 bits per heavy atom. The van der Waals surface area contributed by atoms with Crippen molar-refractivity contribution in [2.75, 3.05) is 23.4 Å². The predicted molar refractivity (Wildman–Crippen MR) is 89.0 cm³/mol. The molecule has 0 aliphatic carbocycles. The first-order valence-electron chi connectivity index (χ1n) is 7.07. The summed E-state index contributed by atoms with van der Waals surface area (Å²) in [6.07, 6.45) is 0. The van der Waals surface area contributed by atoms with Crippen LogP contribution in [0.5, 0.6) is 5.75 Å². The van der Waals surface area contributed by atoms with E-state index in [1.807, 2.05) is 31.2 Å². The van der Waals surface area contributed by atoms with Gasteiger partial charge in [0.05, 0.1) is 18.0 Å². The van der Waals surface area contributed by atoms with Gasteiger partial charge in [0.15, 0.2) is 0 Å². The number of benzene rings is 2. The Bertz CT molecular complexity index is 679. The van der Waals surface area contributed by atoms with E-state index in [1.165, 1.54) is 17.8 Å². The molecule has 0 radical (unpaired) electrons. The maximum Gasteiger partial charge on any atom is 0.234 e. The third kappa shape index (κ3) is 5.56. The number of hydrogen-bond donors (Lipinski definition) is 1. The largest absolute Gasteiger partial charge is 0.492 e. The van der Waals surface area contributed by atoms with Crippen molar-refractivity contribution >= 4 is 23.4 Å². The van der Waals surface area contributed by atoms with Crippen LogP contribution in [0.2, 0.25) is 0 Å². The molecule has 2 aromatic rings. The Kier molecular flexibility index (Phi) is 6.40. The lowest BCUT2D eigenvalue weighted by atomic mass is 10.2. The van der Waals surface area contributed by atoms with Crippen molar-refractivity contribution in [2.24, 2.45) is 0 Å². The van der Waals surface area contributed by atoms with Gasteiger partial charge in [-0.25, -0.2) is 8.78 Å². The number of para-hydroxylation sites is 1. The number of carbonyl (C=O) groups excluding carboxylic acids is 1. The molecule has 0 atom stereocenters. The number of thioether (sulfide) groups is 1. The summed E-state index contributed by atoms with van der Waals surface area (Å²) < 4.78 is 31.8. The molecule has 0 unspecified atom stereocenters. The van der Waals surface area contributed by atoms with Crippen LogP contribution in [0, 0.1) is 18.6 Å². The minimum absolute atomic E-state index is 0.0202. The molecule has 0 aliphatic heterocycles. The fraction of sp³-hybridized carbons (Fsp3) is 0.235. The SMILES string of the molecule is Cc1ccccc1OCCSCC(=O)Nc1ccc(F)cc1F. The lowest BCUT2D eigenvalue weighted by Gasteiger charge is -2.09. The highest BCUT2D eigenvalue weighted by Crippen LogP contribution is 2.17. The fourth-order valence-electron chi connectivity index (χ4n) is 1.87.